The summed E-state index contributed by atoms with van der Waals surface area (Å²) >= 11 is 3.37. The zero-order valence-corrected chi connectivity index (χ0v) is 10.7. The van der Waals surface area contributed by atoms with Crippen molar-refractivity contribution in [3.63, 3.8) is 0 Å². The van der Waals surface area contributed by atoms with E-state index < -0.39 is 5.97 Å². The SMILES string of the molecule is CCc1onc(-c2ccccc2Br)c1C(=O)O. The van der Waals surface area contributed by atoms with Crippen LogP contribution in [0.15, 0.2) is 33.3 Å². The monoisotopic (exact) mass is 295 g/mol. The molecule has 0 aliphatic carbocycles. The van der Waals surface area contributed by atoms with Gasteiger partial charge in [-0.25, -0.2) is 4.79 Å². The lowest BCUT2D eigenvalue weighted by molar-refractivity contribution is 0.0695. The van der Waals surface area contributed by atoms with Crippen molar-refractivity contribution < 1.29 is 14.4 Å². The quantitative estimate of drug-likeness (QED) is 0.943. The summed E-state index contributed by atoms with van der Waals surface area (Å²) in [6.45, 7) is 1.83. The Hall–Kier alpha value is -1.62. The van der Waals surface area contributed by atoms with Crippen LogP contribution >= 0.6 is 15.9 Å². The van der Waals surface area contributed by atoms with E-state index in [2.05, 4.69) is 21.1 Å². The molecule has 2 aromatic rings. The lowest BCUT2D eigenvalue weighted by Crippen LogP contribution is -2.01. The molecule has 1 aromatic carbocycles. The molecule has 0 amide bonds. The molecule has 1 N–H and O–H groups in total. The number of carbonyl (C=O) groups is 1. The molecule has 1 aromatic heterocycles. The highest BCUT2D eigenvalue weighted by Crippen LogP contribution is 2.31. The number of hydrogen-bond donors (Lipinski definition) is 1. The van der Waals surface area contributed by atoms with E-state index in [1.807, 2.05) is 25.1 Å². The fourth-order valence-corrected chi connectivity index (χ4v) is 2.10. The number of aromatic nitrogens is 1. The summed E-state index contributed by atoms with van der Waals surface area (Å²) in [5.74, 6) is -0.628. The molecule has 0 atom stereocenters. The Morgan fingerprint density at radius 3 is 2.76 bits per heavy atom. The van der Waals surface area contributed by atoms with Crippen molar-refractivity contribution in [3.05, 3.63) is 40.1 Å². The fraction of sp³-hybridized carbons (Fsp3) is 0.167. The molecule has 0 spiro atoms. The molecular weight excluding hydrogens is 286 g/mol. The molecule has 1 heterocycles. The van der Waals surface area contributed by atoms with E-state index in [1.54, 1.807) is 6.07 Å². The highest BCUT2D eigenvalue weighted by molar-refractivity contribution is 9.10. The van der Waals surface area contributed by atoms with Gasteiger partial charge in [-0.2, -0.15) is 0 Å². The number of aromatic carboxylic acids is 1. The predicted molar refractivity (Wildman–Crippen MR) is 66.0 cm³/mol. The van der Waals surface area contributed by atoms with E-state index >= 15 is 0 Å². The number of carboxylic acid groups (broad SMARTS) is 1. The van der Waals surface area contributed by atoms with Crippen molar-refractivity contribution in [1.82, 2.24) is 5.16 Å². The number of rotatable bonds is 3. The Balaban J connectivity index is 2.64. The number of aryl methyl sites for hydroxylation is 1. The van der Waals surface area contributed by atoms with Gasteiger partial charge in [-0.3, -0.25) is 0 Å². The summed E-state index contributed by atoms with van der Waals surface area (Å²) < 4.78 is 5.85. The Bertz CT molecular complexity index is 563. The van der Waals surface area contributed by atoms with Crippen LogP contribution in [0.3, 0.4) is 0 Å². The molecule has 0 saturated carbocycles. The van der Waals surface area contributed by atoms with E-state index in [4.69, 9.17) is 4.52 Å². The van der Waals surface area contributed by atoms with Crippen LogP contribution in [-0.2, 0) is 6.42 Å². The smallest absolute Gasteiger partial charge is 0.341 e. The maximum atomic E-state index is 11.2. The van der Waals surface area contributed by atoms with Gasteiger partial charge in [0.05, 0.1) is 0 Å². The van der Waals surface area contributed by atoms with Gasteiger partial charge in [-0.1, -0.05) is 46.2 Å². The zero-order valence-electron chi connectivity index (χ0n) is 9.11. The van der Waals surface area contributed by atoms with Gasteiger partial charge in [0.25, 0.3) is 0 Å². The van der Waals surface area contributed by atoms with E-state index in [9.17, 15) is 9.90 Å². The number of nitrogens with zero attached hydrogens (tertiary/aromatic N) is 1. The third-order valence-electron chi connectivity index (χ3n) is 2.43. The number of carboxylic acids is 1. The van der Waals surface area contributed by atoms with Gasteiger partial charge < -0.3 is 9.63 Å². The highest BCUT2D eigenvalue weighted by Gasteiger charge is 2.23. The van der Waals surface area contributed by atoms with Crippen LogP contribution in [0, 0.1) is 0 Å². The summed E-state index contributed by atoms with van der Waals surface area (Å²) in [6, 6.07) is 7.32. The van der Waals surface area contributed by atoms with Crippen molar-refractivity contribution in [2.24, 2.45) is 0 Å². The van der Waals surface area contributed by atoms with E-state index in [0.717, 1.165) is 4.47 Å². The number of halogens is 1. The Kier molecular flexibility index (Phi) is 3.28. The third kappa shape index (κ3) is 2.10. The lowest BCUT2D eigenvalue weighted by Gasteiger charge is -2.01. The normalized spacial score (nSPS) is 10.5. The summed E-state index contributed by atoms with van der Waals surface area (Å²) in [5.41, 5.74) is 1.22. The molecule has 0 radical (unpaired) electrons. The summed E-state index contributed by atoms with van der Waals surface area (Å²) in [7, 11) is 0. The van der Waals surface area contributed by atoms with Crippen LogP contribution in [0.5, 0.6) is 0 Å². The van der Waals surface area contributed by atoms with Gasteiger partial charge in [0.2, 0.25) is 0 Å². The van der Waals surface area contributed by atoms with Gasteiger partial charge in [0.15, 0.2) is 5.76 Å². The van der Waals surface area contributed by atoms with Gasteiger partial charge in [0, 0.05) is 16.5 Å². The first-order valence-electron chi connectivity index (χ1n) is 5.12. The molecule has 2 rings (SSSR count). The number of hydrogen-bond acceptors (Lipinski definition) is 3. The standard InChI is InChI=1S/C12H10BrNO3/c1-2-9-10(12(15)16)11(14-17-9)7-5-3-4-6-8(7)13/h3-6H,2H2,1H3,(H,15,16). The minimum absolute atomic E-state index is 0.138. The second kappa shape index (κ2) is 4.71. The average Bonchev–Trinajstić information content (AvgIpc) is 2.73. The topological polar surface area (TPSA) is 63.3 Å². The second-order valence-electron chi connectivity index (χ2n) is 3.47. The van der Waals surface area contributed by atoms with Crippen LogP contribution < -0.4 is 0 Å². The van der Waals surface area contributed by atoms with Crippen molar-refractivity contribution in [2.45, 2.75) is 13.3 Å². The molecule has 0 bridgehead atoms. The minimum atomic E-state index is -1.02. The Labute approximate surface area is 106 Å². The van der Waals surface area contributed by atoms with Crippen molar-refractivity contribution in [3.8, 4) is 11.3 Å². The second-order valence-corrected chi connectivity index (χ2v) is 4.32. The third-order valence-corrected chi connectivity index (χ3v) is 3.12. The maximum Gasteiger partial charge on any atom is 0.341 e. The Morgan fingerprint density at radius 2 is 2.18 bits per heavy atom. The van der Waals surface area contributed by atoms with Crippen molar-refractivity contribution in [1.29, 1.82) is 0 Å². The predicted octanol–water partition coefficient (Wildman–Crippen LogP) is 3.36. The highest BCUT2D eigenvalue weighted by atomic mass is 79.9. The molecule has 0 saturated heterocycles. The molecular formula is C12H10BrNO3. The van der Waals surface area contributed by atoms with E-state index in [-0.39, 0.29) is 5.56 Å². The number of benzene rings is 1. The van der Waals surface area contributed by atoms with Crippen LogP contribution in [0.1, 0.15) is 23.0 Å². The fourth-order valence-electron chi connectivity index (χ4n) is 1.62. The molecule has 5 heteroatoms. The van der Waals surface area contributed by atoms with Gasteiger partial charge in [-0.15, -0.1) is 0 Å². The van der Waals surface area contributed by atoms with Gasteiger partial charge in [-0.05, 0) is 6.07 Å². The molecule has 0 unspecified atom stereocenters. The van der Waals surface area contributed by atoms with Gasteiger partial charge in [0.1, 0.15) is 11.3 Å². The molecule has 4 nitrogen and oxygen atoms in total. The van der Waals surface area contributed by atoms with Crippen LogP contribution in [0.25, 0.3) is 11.3 Å². The van der Waals surface area contributed by atoms with E-state index in [1.165, 1.54) is 0 Å². The Morgan fingerprint density at radius 1 is 1.47 bits per heavy atom. The lowest BCUT2D eigenvalue weighted by atomic mass is 10.1. The first-order valence-corrected chi connectivity index (χ1v) is 5.91. The maximum absolute atomic E-state index is 11.2. The largest absolute Gasteiger partial charge is 0.477 e. The molecule has 0 fully saturated rings. The summed E-state index contributed by atoms with van der Waals surface area (Å²) in [5, 5.41) is 13.1. The van der Waals surface area contributed by atoms with Crippen molar-refractivity contribution >= 4 is 21.9 Å². The average molecular weight is 296 g/mol. The summed E-state index contributed by atoms with van der Waals surface area (Å²) in [6.07, 6.45) is 0.499. The van der Waals surface area contributed by atoms with E-state index in [0.29, 0.717) is 23.4 Å². The van der Waals surface area contributed by atoms with Crippen LogP contribution in [0.2, 0.25) is 0 Å². The van der Waals surface area contributed by atoms with Crippen LogP contribution in [-0.4, -0.2) is 16.2 Å². The van der Waals surface area contributed by atoms with Gasteiger partial charge >= 0.3 is 5.97 Å². The zero-order chi connectivity index (χ0) is 12.4. The summed E-state index contributed by atoms with van der Waals surface area (Å²) in [4.78, 5) is 11.2. The molecule has 88 valence electrons. The molecule has 0 aliphatic rings. The van der Waals surface area contributed by atoms with Crippen LogP contribution in [0.4, 0.5) is 0 Å². The first kappa shape index (κ1) is 11.9. The molecule has 17 heavy (non-hydrogen) atoms. The molecule has 0 aliphatic heterocycles. The first-order chi connectivity index (χ1) is 8.15. The minimum Gasteiger partial charge on any atom is -0.477 e. The van der Waals surface area contributed by atoms with Crippen molar-refractivity contribution in [2.75, 3.05) is 0 Å².